The molecule has 0 spiro atoms. The zero-order valence-electron chi connectivity index (χ0n) is 27.4. The van der Waals surface area contributed by atoms with Gasteiger partial charge < -0.3 is 10.6 Å². The number of fused-ring (bicyclic) bond motifs is 6. The number of halogens is 4. The number of rotatable bonds is 10. The van der Waals surface area contributed by atoms with Crippen molar-refractivity contribution in [2.45, 2.75) is 27.7 Å². The van der Waals surface area contributed by atoms with Crippen LogP contribution < -0.4 is 10.6 Å². The van der Waals surface area contributed by atoms with Crippen LogP contribution in [0.25, 0.3) is 33.9 Å². The molecule has 0 aliphatic heterocycles. The molecule has 4 heterocycles. The van der Waals surface area contributed by atoms with Crippen LogP contribution in [0.3, 0.4) is 0 Å². The molecule has 0 saturated heterocycles. The number of nitrogens with one attached hydrogen (secondary N) is 2. The van der Waals surface area contributed by atoms with E-state index < -0.39 is 32.1 Å². The van der Waals surface area contributed by atoms with Gasteiger partial charge in [0.25, 0.3) is 11.8 Å². The van der Waals surface area contributed by atoms with Crippen LogP contribution in [0.4, 0.5) is 0 Å². The summed E-state index contributed by atoms with van der Waals surface area (Å²) in [7, 11) is -8.93. The smallest absolute Gasteiger partial charge is 0.304 e. The Morgan fingerprint density at radius 2 is 1.07 bits per heavy atom. The van der Waals surface area contributed by atoms with Crippen molar-refractivity contribution in [3.8, 4) is 33.9 Å². The fourth-order valence-corrected chi connectivity index (χ4v) is 11.3. The first-order chi connectivity index (χ1) is 26.0. The lowest BCUT2D eigenvalue weighted by atomic mass is 10.1. The lowest BCUT2D eigenvalue weighted by Crippen LogP contribution is -2.31. The van der Waals surface area contributed by atoms with Gasteiger partial charge in [-0.25, -0.2) is 9.36 Å². The lowest BCUT2D eigenvalue weighted by molar-refractivity contribution is 0.0945. The molecule has 2 aliphatic carbocycles. The molecule has 284 valence electrons. The largest absolute Gasteiger partial charge is 0.351 e. The maximum atomic E-state index is 13.5. The average Bonchev–Trinajstić information content (AvgIpc) is 3.92. The van der Waals surface area contributed by atoms with E-state index in [4.69, 9.17) is 46.4 Å². The third-order valence-corrected chi connectivity index (χ3v) is 14.8. The summed E-state index contributed by atoms with van der Waals surface area (Å²) in [6.45, 7) is 0.277. The zero-order valence-corrected chi connectivity index (χ0v) is 33.7. The molecule has 0 saturated carbocycles. The van der Waals surface area contributed by atoms with Crippen molar-refractivity contribution in [3.05, 3.63) is 101 Å². The van der Waals surface area contributed by atoms with Crippen LogP contribution in [0, 0.1) is 0 Å². The van der Waals surface area contributed by atoms with Gasteiger partial charge in [-0.1, -0.05) is 46.4 Å². The minimum atomic E-state index is -4.47. The van der Waals surface area contributed by atoms with Gasteiger partial charge in [-0.3, -0.25) is 18.7 Å². The van der Waals surface area contributed by atoms with Gasteiger partial charge in [0.1, 0.15) is 8.42 Å². The summed E-state index contributed by atoms with van der Waals surface area (Å²) in [4.78, 5) is 28.3. The molecule has 4 N–H and O–H groups in total. The Balaban J connectivity index is 0.995. The van der Waals surface area contributed by atoms with E-state index in [0.717, 1.165) is 22.7 Å². The first-order valence-corrected chi connectivity index (χ1v) is 21.9. The second kappa shape index (κ2) is 14.0. The zero-order chi connectivity index (χ0) is 39.1. The minimum absolute atomic E-state index is 0.0912. The van der Waals surface area contributed by atoms with Gasteiger partial charge in [-0.15, -0.1) is 22.7 Å². The number of carbonyl (C=O) groups is 2. The van der Waals surface area contributed by atoms with Crippen LogP contribution in [0.5, 0.6) is 0 Å². The summed E-state index contributed by atoms with van der Waals surface area (Å²) in [5.41, 5.74) is 3.97. The van der Waals surface area contributed by atoms with Gasteiger partial charge >= 0.3 is 20.2 Å². The number of aromatic nitrogens is 4. The minimum Gasteiger partial charge on any atom is -0.351 e. The molecule has 2 amide bonds. The van der Waals surface area contributed by atoms with Gasteiger partial charge in [-0.2, -0.15) is 27.0 Å². The summed E-state index contributed by atoms with van der Waals surface area (Å²) in [6, 6.07) is 12.1. The number of hydrogen-bond donors (Lipinski definition) is 4. The Morgan fingerprint density at radius 3 is 1.44 bits per heavy atom. The van der Waals surface area contributed by atoms with Gasteiger partial charge in [-0.05, 0) is 55.0 Å². The van der Waals surface area contributed by atoms with Crippen LogP contribution in [0.15, 0.2) is 56.9 Å². The highest BCUT2D eigenvalue weighted by molar-refractivity contribution is 7.88. The van der Waals surface area contributed by atoms with Gasteiger partial charge in [0, 0.05) is 68.0 Å². The molecule has 8 rings (SSSR count). The Kier molecular flexibility index (Phi) is 9.68. The summed E-state index contributed by atoms with van der Waals surface area (Å²) in [5, 5.41) is 16.0. The van der Waals surface area contributed by atoms with Crippen molar-refractivity contribution in [3.63, 3.8) is 0 Å². The summed E-state index contributed by atoms with van der Waals surface area (Å²) in [5.74, 6) is -1.02. The monoisotopic (exact) mass is 898 g/mol. The van der Waals surface area contributed by atoms with E-state index >= 15 is 0 Å². The number of amides is 2. The van der Waals surface area contributed by atoms with Crippen molar-refractivity contribution in [2.75, 3.05) is 13.1 Å². The molecule has 2 aliphatic rings. The van der Waals surface area contributed by atoms with Crippen molar-refractivity contribution >= 4 is 101 Å². The Labute approximate surface area is 340 Å². The molecule has 0 atom stereocenters. The third-order valence-electron chi connectivity index (χ3n) is 8.86. The Hall–Kier alpha value is -3.82. The molecule has 0 bridgehead atoms. The molecule has 55 heavy (non-hydrogen) atoms. The van der Waals surface area contributed by atoms with Gasteiger partial charge in [0.15, 0.2) is 11.4 Å². The lowest BCUT2D eigenvalue weighted by Gasteiger charge is -2.09. The molecular weight excluding hydrogens is 878 g/mol. The molecule has 4 aromatic heterocycles. The van der Waals surface area contributed by atoms with E-state index in [9.17, 15) is 35.5 Å². The van der Waals surface area contributed by atoms with Crippen LogP contribution >= 0.6 is 69.1 Å². The van der Waals surface area contributed by atoms with Crippen molar-refractivity contribution < 1.29 is 35.5 Å². The summed E-state index contributed by atoms with van der Waals surface area (Å²) in [6.07, 6.45) is 0.693. The van der Waals surface area contributed by atoms with Crippen LogP contribution in [-0.2, 0) is 33.1 Å². The first-order valence-electron chi connectivity index (χ1n) is 15.9. The number of benzene rings is 2. The van der Waals surface area contributed by atoms with Gasteiger partial charge in [0.2, 0.25) is 0 Å². The number of thiophene rings is 2. The fourth-order valence-electron chi connectivity index (χ4n) is 6.52. The van der Waals surface area contributed by atoms with E-state index in [1.807, 2.05) is 0 Å². The molecular formula is C33H22Cl4N6O8S4. The number of hydrogen-bond acceptors (Lipinski definition) is 10. The van der Waals surface area contributed by atoms with Crippen molar-refractivity contribution in [1.82, 2.24) is 30.2 Å². The third kappa shape index (κ3) is 6.87. The van der Waals surface area contributed by atoms with Crippen LogP contribution in [0.2, 0.25) is 20.1 Å². The summed E-state index contributed by atoms with van der Waals surface area (Å²) >= 11 is 27.0. The van der Waals surface area contributed by atoms with Crippen molar-refractivity contribution in [1.29, 1.82) is 0 Å². The number of carbonyl (C=O) groups excluding carboxylic acids is 2. The molecule has 22 heteroatoms. The molecule has 14 nitrogen and oxygen atoms in total. The normalized spacial score (nSPS) is 13.1. The molecule has 0 unspecified atom stereocenters. The predicted molar refractivity (Wildman–Crippen MR) is 208 cm³/mol. The SMILES string of the molecule is O=C(NCCCNC(=O)c1nn(-c2ccc(Cl)cc2Cl)c2c1Cc1sc(S(=O)(=O)O)cc1-2)c1nn(-c2ccc(Cl)cc2Cl)c2c1Cc1sc(S(=O)(=O)O)cc1-2. The van der Waals surface area contributed by atoms with Gasteiger partial charge in [0.05, 0.1) is 32.8 Å². The summed E-state index contributed by atoms with van der Waals surface area (Å²) < 4.78 is 69.3. The van der Waals surface area contributed by atoms with E-state index in [-0.39, 0.29) is 55.8 Å². The highest BCUT2D eigenvalue weighted by Crippen LogP contribution is 2.47. The number of nitrogens with zero attached hydrogens (tertiary/aromatic N) is 4. The van der Waals surface area contributed by atoms with E-state index in [0.29, 0.717) is 71.2 Å². The molecule has 0 fully saturated rings. The topological polar surface area (TPSA) is 203 Å². The molecule has 0 radical (unpaired) electrons. The maximum absolute atomic E-state index is 13.5. The van der Waals surface area contributed by atoms with E-state index in [2.05, 4.69) is 20.8 Å². The highest BCUT2D eigenvalue weighted by atomic mass is 35.5. The van der Waals surface area contributed by atoms with Crippen molar-refractivity contribution in [2.24, 2.45) is 0 Å². The van der Waals surface area contributed by atoms with E-state index in [1.54, 1.807) is 24.3 Å². The molecule has 2 aromatic carbocycles. The second-order valence-electron chi connectivity index (χ2n) is 12.3. The highest BCUT2D eigenvalue weighted by Gasteiger charge is 2.36. The predicted octanol–water partition coefficient (Wildman–Crippen LogP) is 6.98. The maximum Gasteiger partial charge on any atom is 0.304 e. The van der Waals surface area contributed by atoms with Crippen LogP contribution in [-0.4, -0.2) is 70.4 Å². The molecule has 6 aromatic rings. The Bertz CT molecular complexity index is 2670. The quantitative estimate of drug-likeness (QED) is 0.0820. The van der Waals surface area contributed by atoms with Crippen LogP contribution in [0.1, 0.15) is 48.3 Å². The Morgan fingerprint density at radius 1 is 0.673 bits per heavy atom. The standard InChI is InChI=1S/C33H22Cl4N6O8S4/c34-14-2-4-22(20(36)8-14)42-30-16-12-26(54(46,47)48)52-24(16)10-18(30)28(40-42)32(44)38-6-1-7-39-33(45)29-19-11-25-17(13-27(53-25)55(49,50)51)31(19)43(41-29)23-5-3-15(35)9-21(23)37/h2-5,8-9,12-13H,1,6-7,10-11H2,(H,38,44)(H,39,45)(H,46,47,48)(H,49,50,51). The van der Waals surface area contributed by atoms with E-state index in [1.165, 1.54) is 33.6 Å². The average molecular weight is 901 g/mol. The first kappa shape index (κ1) is 38.1. The second-order valence-corrected chi connectivity index (χ2v) is 19.6. The fraction of sp³-hybridized carbons (Fsp3) is 0.152.